The van der Waals surface area contributed by atoms with Crippen molar-refractivity contribution in [3.63, 3.8) is 0 Å². The molecule has 5 nitrogen and oxygen atoms in total. The van der Waals surface area contributed by atoms with Gasteiger partial charge >= 0.3 is 0 Å². The highest BCUT2D eigenvalue weighted by molar-refractivity contribution is 5.61. The Kier molecular flexibility index (Phi) is 2.48. The lowest BCUT2D eigenvalue weighted by atomic mass is 9.74. The summed E-state index contributed by atoms with van der Waals surface area (Å²) in [4.78, 5) is 4.49. The summed E-state index contributed by atoms with van der Waals surface area (Å²) in [6.07, 6.45) is 6.22. The van der Waals surface area contributed by atoms with Gasteiger partial charge < -0.3 is 14.2 Å². The maximum atomic E-state index is 6.51. The van der Waals surface area contributed by atoms with Crippen LogP contribution in [-0.2, 0) is 4.74 Å². The van der Waals surface area contributed by atoms with Crippen molar-refractivity contribution in [1.29, 1.82) is 0 Å². The van der Waals surface area contributed by atoms with Gasteiger partial charge in [0.05, 0.1) is 6.61 Å². The molecule has 2 N–H and O–H groups in total. The van der Waals surface area contributed by atoms with Gasteiger partial charge in [-0.2, -0.15) is 0 Å². The quantitative estimate of drug-likeness (QED) is 0.911. The minimum atomic E-state index is -0.828. The first-order valence-corrected chi connectivity index (χ1v) is 8.06. The minimum absolute atomic E-state index is 0.0302. The van der Waals surface area contributed by atoms with Crippen LogP contribution in [0, 0.1) is 11.3 Å². The van der Waals surface area contributed by atoms with Crippen LogP contribution in [0.1, 0.15) is 37.2 Å². The van der Waals surface area contributed by atoms with Crippen LogP contribution < -0.4 is 15.2 Å². The largest absolute Gasteiger partial charge is 0.454 e. The molecule has 2 unspecified atom stereocenters. The summed E-state index contributed by atoms with van der Waals surface area (Å²) in [5.41, 5.74) is 7.75. The average Bonchev–Trinajstić information content (AvgIpc) is 3.29. The Balaban J connectivity index is 1.52. The van der Waals surface area contributed by atoms with Gasteiger partial charge in [-0.15, -0.1) is 0 Å². The lowest BCUT2D eigenvalue weighted by Gasteiger charge is -2.40. The van der Waals surface area contributed by atoms with Crippen molar-refractivity contribution in [1.82, 2.24) is 0 Å². The van der Waals surface area contributed by atoms with Crippen molar-refractivity contribution in [2.24, 2.45) is 22.1 Å². The highest BCUT2D eigenvalue weighted by Gasteiger charge is 2.62. The summed E-state index contributed by atoms with van der Waals surface area (Å²) in [5, 5.41) is 0. The van der Waals surface area contributed by atoms with Gasteiger partial charge in [-0.3, -0.25) is 5.73 Å². The smallest absolute Gasteiger partial charge is 0.231 e. The van der Waals surface area contributed by atoms with E-state index in [0.29, 0.717) is 25.2 Å². The van der Waals surface area contributed by atoms with Gasteiger partial charge in [0, 0.05) is 17.2 Å². The molecule has 0 radical (unpaired) electrons. The van der Waals surface area contributed by atoms with Gasteiger partial charge in [0.25, 0.3) is 0 Å². The molecule has 2 saturated carbocycles. The van der Waals surface area contributed by atoms with Crippen LogP contribution in [-0.4, -0.2) is 25.5 Å². The van der Waals surface area contributed by atoms with Gasteiger partial charge in [-0.25, -0.2) is 4.99 Å². The molecule has 0 spiro atoms. The van der Waals surface area contributed by atoms with Crippen molar-refractivity contribution in [3.05, 3.63) is 23.8 Å². The minimum Gasteiger partial charge on any atom is -0.454 e. The Morgan fingerprint density at radius 2 is 2.18 bits per heavy atom. The first kappa shape index (κ1) is 12.9. The Morgan fingerprint density at radius 1 is 1.23 bits per heavy atom. The molecular formula is C17H20N2O3. The average molecular weight is 300 g/mol. The summed E-state index contributed by atoms with van der Waals surface area (Å²) in [7, 11) is 0. The van der Waals surface area contributed by atoms with Crippen molar-refractivity contribution in [3.8, 4) is 11.5 Å². The third-order valence-corrected chi connectivity index (χ3v) is 6.07. The van der Waals surface area contributed by atoms with Gasteiger partial charge in [-0.1, -0.05) is 12.1 Å². The number of hydrogen-bond acceptors (Lipinski definition) is 5. The molecule has 1 aromatic rings. The zero-order chi connectivity index (χ0) is 14.8. The zero-order valence-corrected chi connectivity index (χ0v) is 12.5. The predicted molar refractivity (Wildman–Crippen MR) is 81.1 cm³/mol. The summed E-state index contributed by atoms with van der Waals surface area (Å²) in [6, 6.07) is 6.21. The second-order valence-corrected chi connectivity index (χ2v) is 6.99. The van der Waals surface area contributed by atoms with Crippen LogP contribution in [0.5, 0.6) is 11.5 Å². The number of rotatable bonds is 2. The molecule has 2 fully saturated rings. The van der Waals surface area contributed by atoms with E-state index in [-0.39, 0.29) is 5.41 Å². The Morgan fingerprint density at radius 3 is 3.05 bits per heavy atom. The van der Waals surface area contributed by atoms with E-state index in [1.165, 1.54) is 12.0 Å². The number of benzene rings is 1. The van der Waals surface area contributed by atoms with E-state index in [1.54, 1.807) is 0 Å². The molecule has 0 aromatic heterocycles. The molecule has 5 heteroatoms. The van der Waals surface area contributed by atoms with Gasteiger partial charge in [0.1, 0.15) is 0 Å². The lowest BCUT2D eigenvalue weighted by molar-refractivity contribution is -0.0982. The van der Waals surface area contributed by atoms with E-state index in [9.17, 15) is 0 Å². The summed E-state index contributed by atoms with van der Waals surface area (Å²) >= 11 is 0. The van der Waals surface area contributed by atoms with E-state index in [0.717, 1.165) is 30.8 Å². The number of fused-ring (bicyclic) bond motifs is 3. The third kappa shape index (κ3) is 1.53. The molecule has 2 heterocycles. The van der Waals surface area contributed by atoms with E-state index in [2.05, 4.69) is 17.1 Å². The van der Waals surface area contributed by atoms with Gasteiger partial charge in [0.15, 0.2) is 11.5 Å². The molecule has 116 valence electrons. The molecule has 2 bridgehead atoms. The molecule has 2 aliphatic carbocycles. The number of para-hydroxylation sites is 1. The van der Waals surface area contributed by atoms with Crippen molar-refractivity contribution < 1.29 is 14.2 Å². The maximum absolute atomic E-state index is 6.51. The summed E-state index contributed by atoms with van der Waals surface area (Å²) in [5.74, 6) is 2.07. The standard InChI is InChI=1S/C17H20N2O3/c18-17(19-6-7-22-17)16-5-4-11(8-16)13(9-16)12-2-1-3-14-15(12)21-10-20-14/h1-3,6,11,13H,4-5,7-10,18H2/t11-,13?,16+,17?/m1/s1. The molecule has 2 aliphatic heterocycles. The molecule has 4 atom stereocenters. The predicted octanol–water partition coefficient (Wildman–Crippen LogP) is 2.40. The van der Waals surface area contributed by atoms with Gasteiger partial charge in [0.2, 0.25) is 12.6 Å². The lowest BCUT2D eigenvalue weighted by Crippen LogP contribution is -2.52. The fraction of sp³-hybridized carbons (Fsp3) is 0.588. The van der Waals surface area contributed by atoms with E-state index in [1.807, 2.05) is 12.3 Å². The van der Waals surface area contributed by atoms with Crippen molar-refractivity contribution in [2.45, 2.75) is 37.5 Å². The van der Waals surface area contributed by atoms with Crippen LogP contribution in [0.4, 0.5) is 0 Å². The van der Waals surface area contributed by atoms with E-state index in [4.69, 9.17) is 19.9 Å². The highest BCUT2D eigenvalue weighted by atomic mass is 16.7. The number of aliphatic imine (C=N–C) groups is 1. The number of ether oxygens (including phenoxy) is 3. The summed E-state index contributed by atoms with van der Waals surface area (Å²) in [6.45, 7) is 0.856. The first-order chi connectivity index (χ1) is 10.7. The Labute approximate surface area is 129 Å². The van der Waals surface area contributed by atoms with Gasteiger partial charge in [-0.05, 0) is 43.6 Å². The first-order valence-electron chi connectivity index (χ1n) is 8.06. The SMILES string of the molecule is NC1([C@@]23CC[C@H](C2)C(c2cccc4c2OCO4)C3)N=CCO1. The van der Waals surface area contributed by atoms with E-state index < -0.39 is 5.85 Å². The molecular weight excluding hydrogens is 280 g/mol. The van der Waals surface area contributed by atoms with Crippen LogP contribution in [0.3, 0.4) is 0 Å². The van der Waals surface area contributed by atoms with E-state index >= 15 is 0 Å². The second kappa shape index (κ2) is 4.24. The number of hydrogen-bond donors (Lipinski definition) is 1. The van der Waals surface area contributed by atoms with Crippen molar-refractivity contribution in [2.75, 3.05) is 13.4 Å². The Bertz CT molecular complexity index is 661. The zero-order valence-electron chi connectivity index (χ0n) is 12.5. The molecule has 4 aliphatic rings. The molecule has 1 aromatic carbocycles. The maximum Gasteiger partial charge on any atom is 0.231 e. The monoisotopic (exact) mass is 300 g/mol. The fourth-order valence-corrected chi connectivity index (χ4v) is 5.03. The second-order valence-electron chi connectivity index (χ2n) is 6.99. The number of nitrogens with zero attached hydrogens (tertiary/aromatic N) is 1. The molecule has 0 amide bonds. The molecule has 5 rings (SSSR count). The number of nitrogens with two attached hydrogens (primary N) is 1. The fourth-order valence-electron chi connectivity index (χ4n) is 5.03. The van der Waals surface area contributed by atoms with Crippen LogP contribution >= 0.6 is 0 Å². The van der Waals surface area contributed by atoms with Crippen LogP contribution in [0.25, 0.3) is 0 Å². The topological polar surface area (TPSA) is 66.1 Å². The van der Waals surface area contributed by atoms with Crippen LogP contribution in [0.2, 0.25) is 0 Å². The Hall–Kier alpha value is -1.59. The van der Waals surface area contributed by atoms with Crippen molar-refractivity contribution >= 4 is 6.21 Å². The summed E-state index contributed by atoms with van der Waals surface area (Å²) < 4.78 is 17.1. The molecule has 0 saturated heterocycles. The third-order valence-electron chi connectivity index (χ3n) is 6.07. The highest BCUT2D eigenvalue weighted by Crippen LogP contribution is 2.66. The van der Waals surface area contributed by atoms with Crippen LogP contribution in [0.15, 0.2) is 23.2 Å². The normalized spacial score (nSPS) is 41.5. The molecule has 22 heavy (non-hydrogen) atoms.